The summed E-state index contributed by atoms with van der Waals surface area (Å²) in [5.74, 6) is 1.03. The van der Waals surface area contributed by atoms with Crippen molar-refractivity contribution in [2.75, 3.05) is 20.1 Å². The van der Waals surface area contributed by atoms with Crippen LogP contribution in [-0.2, 0) is 16.1 Å². The number of carbonyl (C=O) groups excluding carboxylic acids is 2. The van der Waals surface area contributed by atoms with E-state index < -0.39 is 0 Å². The Morgan fingerprint density at radius 2 is 1.82 bits per heavy atom. The number of carbonyl (C=O) groups is 2. The molecule has 0 spiro atoms. The monoisotopic (exact) mass is 577 g/mol. The summed E-state index contributed by atoms with van der Waals surface area (Å²) >= 11 is 1.62. The number of halogens is 1. The molecule has 7 nitrogen and oxygen atoms in total. The molecule has 2 heterocycles. The second-order valence-electron chi connectivity index (χ2n) is 8.54. The Morgan fingerprint density at radius 3 is 2.48 bits per heavy atom. The molecule has 2 amide bonds. The van der Waals surface area contributed by atoms with Gasteiger partial charge in [-0.1, -0.05) is 42.5 Å². The van der Waals surface area contributed by atoms with E-state index in [-0.39, 0.29) is 59.5 Å². The van der Waals surface area contributed by atoms with Gasteiger partial charge >= 0.3 is 0 Å². The normalized spacial score (nSPS) is 25.4. The van der Waals surface area contributed by atoms with E-state index in [1.165, 1.54) is 4.90 Å². The highest BCUT2D eigenvalue weighted by Crippen LogP contribution is 2.52. The van der Waals surface area contributed by atoms with E-state index in [9.17, 15) is 9.59 Å². The van der Waals surface area contributed by atoms with Gasteiger partial charge in [0.15, 0.2) is 5.96 Å². The van der Waals surface area contributed by atoms with Crippen LogP contribution in [-0.4, -0.2) is 47.8 Å². The first-order valence-electron chi connectivity index (χ1n) is 11.1. The first-order chi connectivity index (χ1) is 15.7. The number of hydrogen-bond acceptors (Lipinski definition) is 5. The van der Waals surface area contributed by atoms with Gasteiger partial charge in [0.05, 0.1) is 24.1 Å². The molecule has 0 radical (unpaired) electrons. The van der Waals surface area contributed by atoms with Gasteiger partial charge in [-0.15, -0.1) is 35.3 Å². The number of benzene rings is 1. The molecule has 5 rings (SSSR count). The van der Waals surface area contributed by atoms with Crippen LogP contribution in [0.15, 0.2) is 52.9 Å². The number of guanidine groups is 1. The minimum Gasteiger partial charge on any atom is -0.356 e. The van der Waals surface area contributed by atoms with Gasteiger partial charge in [0.2, 0.25) is 11.8 Å². The van der Waals surface area contributed by atoms with Gasteiger partial charge in [0.1, 0.15) is 5.01 Å². The average Bonchev–Trinajstić information content (AvgIpc) is 3.60. The van der Waals surface area contributed by atoms with Crippen molar-refractivity contribution in [2.24, 2.45) is 28.7 Å². The fourth-order valence-electron chi connectivity index (χ4n) is 5.12. The number of imide groups is 1. The van der Waals surface area contributed by atoms with Crippen molar-refractivity contribution in [3.63, 3.8) is 0 Å². The SMILES string of the molecule is CN=C(NCCCN1C(=O)C2C3C=CC(C3)C2C1=O)NCc1csc(-c2ccccc2)n1.I. The zero-order chi connectivity index (χ0) is 22.1. The van der Waals surface area contributed by atoms with Gasteiger partial charge < -0.3 is 10.6 Å². The maximum atomic E-state index is 12.7. The van der Waals surface area contributed by atoms with Crippen LogP contribution >= 0.6 is 35.3 Å². The van der Waals surface area contributed by atoms with E-state index in [1.54, 1.807) is 18.4 Å². The number of hydrogen-bond donors (Lipinski definition) is 2. The summed E-state index contributed by atoms with van der Waals surface area (Å²) in [7, 11) is 1.73. The Balaban J connectivity index is 0.00000259. The molecule has 1 saturated heterocycles. The van der Waals surface area contributed by atoms with Gasteiger partial charge in [0, 0.05) is 31.1 Å². The molecule has 2 aliphatic carbocycles. The quantitative estimate of drug-likeness (QED) is 0.132. The molecule has 33 heavy (non-hydrogen) atoms. The number of nitrogens with zero attached hydrogens (tertiary/aromatic N) is 3. The Bertz CT molecular complexity index is 1040. The van der Waals surface area contributed by atoms with Gasteiger partial charge in [-0.3, -0.25) is 19.5 Å². The fraction of sp³-hybridized carbons (Fsp3) is 0.417. The molecule has 1 aromatic carbocycles. The second kappa shape index (κ2) is 10.3. The zero-order valence-electron chi connectivity index (χ0n) is 18.4. The molecule has 174 valence electrons. The van der Waals surface area contributed by atoms with Crippen LogP contribution in [0.1, 0.15) is 18.5 Å². The highest BCUT2D eigenvalue weighted by atomic mass is 127. The Labute approximate surface area is 214 Å². The van der Waals surface area contributed by atoms with E-state index >= 15 is 0 Å². The first kappa shape index (κ1) is 23.9. The van der Waals surface area contributed by atoms with E-state index in [1.807, 2.05) is 23.6 Å². The van der Waals surface area contributed by atoms with Crippen LogP contribution < -0.4 is 10.6 Å². The molecule has 1 aliphatic heterocycles. The molecule has 1 aromatic heterocycles. The predicted molar refractivity (Wildman–Crippen MR) is 140 cm³/mol. The third-order valence-electron chi connectivity index (χ3n) is 6.65. The highest BCUT2D eigenvalue weighted by Gasteiger charge is 2.58. The number of nitrogens with one attached hydrogen (secondary N) is 2. The number of rotatable bonds is 7. The Morgan fingerprint density at radius 1 is 1.12 bits per heavy atom. The average molecular weight is 577 g/mol. The number of thiazole rings is 1. The van der Waals surface area contributed by atoms with Crippen LogP contribution in [0, 0.1) is 23.7 Å². The standard InChI is InChI=1S/C24H27N5O2S.HI/c1-25-24(27-13-18-14-32-21(28-18)15-6-3-2-4-7-15)26-10-5-11-29-22(30)19-16-8-9-17(12-16)20(19)23(29)31;/h2-4,6-9,14,16-17,19-20H,5,10-13H2,1H3,(H2,25,26,27);1H. The van der Waals surface area contributed by atoms with Crippen LogP contribution in [0.3, 0.4) is 0 Å². The van der Waals surface area contributed by atoms with Crippen molar-refractivity contribution < 1.29 is 9.59 Å². The largest absolute Gasteiger partial charge is 0.356 e. The molecule has 1 saturated carbocycles. The number of aromatic nitrogens is 1. The van der Waals surface area contributed by atoms with Crippen molar-refractivity contribution in [2.45, 2.75) is 19.4 Å². The molecule has 4 unspecified atom stereocenters. The lowest BCUT2D eigenvalue weighted by Crippen LogP contribution is -2.39. The maximum Gasteiger partial charge on any atom is 0.233 e. The van der Waals surface area contributed by atoms with E-state index in [4.69, 9.17) is 0 Å². The van der Waals surface area contributed by atoms with Crippen molar-refractivity contribution >= 4 is 53.1 Å². The first-order valence-corrected chi connectivity index (χ1v) is 12.0. The maximum absolute atomic E-state index is 12.7. The molecule has 4 atom stereocenters. The summed E-state index contributed by atoms with van der Waals surface area (Å²) in [5, 5.41) is 9.59. The van der Waals surface area contributed by atoms with Gasteiger partial charge in [-0.05, 0) is 24.7 Å². The molecule has 2 aromatic rings. The lowest BCUT2D eigenvalue weighted by atomic mass is 9.85. The van der Waals surface area contributed by atoms with Gasteiger partial charge in [-0.2, -0.15) is 0 Å². The summed E-state index contributed by atoms with van der Waals surface area (Å²) < 4.78 is 0. The summed E-state index contributed by atoms with van der Waals surface area (Å²) in [6.07, 6.45) is 5.91. The van der Waals surface area contributed by atoms with Crippen LogP contribution in [0.2, 0.25) is 0 Å². The minimum absolute atomic E-state index is 0. The zero-order valence-corrected chi connectivity index (χ0v) is 21.6. The Kier molecular flexibility index (Phi) is 7.48. The van der Waals surface area contributed by atoms with Crippen LogP contribution in [0.25, 0.3) is 10.6 Å². The number of likely N-dealkylation sites (tertiary alicyclic amines) is 1. The molecule has 3 aliphatic rings. The topological polar surface area (TPSA) is 86.7 Å². The van der Waals surface area contributed by atoms with Gasteiger partial charge in [-0.25, -0.2) is 4.98 Å². The van der Waals surface area contributed by atoms with Crippen LogP contribution in [0.5, 0.6) is 0 Å². The number of fused-ring (bicyclic) bond motifs is 5. The third-order valence-corrected chi connectivity index (χ3v) is 7.59. The van der Waals surface area contributed by atoms with Crippen molar-refractivity contribution in [1.82, 2.24) is 20.5 Å². The lowest BCUT2D eigenvalue weighted by molar-refractivity contribution is -0.140. The predicted octanol–water partition coefficient (Wildman–Crippen LogP) is 3.29. The molecular weight excluding hydrogens is 549 g/mol. The van der Waals surface area contributed by atoms with Crippen LogP contribution in [0.4, 0.5) is 0 Å². The highest BCUT2D eigenvalue weighted by molar-refractivity contribution is 14.0. The lowest BCUT2D eigenvalue weighted by Gasteiger charge is -2.17. The summed E-state index contributed by atoms with van der Waals surface area (Å²) in [4.78, 5) is 35.9. The molecular formula is C24H28IN5O2S. The van der Waals surface area contributed by atoms with Crippen molar-refractivity contribution in [3.8, 4) is 10.6 Å². The summed E-state index contributed by atoms with van der Waals surface area (Å²) in [6.45, 7) is 1.66. The van der Waals surface area contributed by atoms with Crippen molar-refractivity contribution in [1.29, 1.82) is 0 Å². The number of allylic oxidation sites excluding steroid dienone is 2. The number of amides is 2. The third kappa shape index (κ3) is 4.70. The summed E-state index contributed by atoms with van der Waals surface area (Å²) in [6, 6.07) is 10.1. The summed E-state index contributed by atoms with van der Waals surface area (Å²) in [5.41, 5.74) is 2.07. The fourth-order valence-corrected chi connectivity index (χ4v) is 5.95. The number of aliphatic imine (C=N–C) groups is 1. The van der Waals surface area contributed by atoms with E-state index in [0.29, 0.717) is 32.0 Å². The second-order valence-corrected chi connectivity index (χ2v) is 9.40. The Hall–Kier alpha value is -2.27. The molecule has 2 N–H and O–H groups in total. The van der Waals surface area contributed by atoms with E-state index in [2.05, 4.69) is 44.9 Å². The van der Waals surface area contributed by atoms with Crippen molar-refractivity contribution in [3.05, 3.63) is 53.6 Å². The molecule has 2 fully saturated rings. The molecule has 9 heteroatoms. The minimum atomic E-state index is -0.112. The smallest absolute Gasteiger partial charge is 0.233 e. The van der Waals surface area contributed by atoms with E-state index in [0.717, 1.165) is 22.7 Å². The molecule has 2 bridgehead atoms. The van der Waals surface area contributed by atoms with Gasteiger partial charge in [0.25, 0.3) is 0 Å².